The molecule has 0 aliphatic heterocycles. The predicted octanol–water partition coefficient (Wildman–Crippen LogP) is 3.76. The molecular weight excluding hydrogens is 210 g/mol. The zero-order valence-corrected chi connectivity index (χ0v) is 10.5. The van der Waals surface area contributed by atoms with Crippen LogP contribution in [0.15, 0.2) is 41.5 Å². The van der Waals surface area contributed by atoms with E-state index in [-0.39, 0.29) is 11.8 Å². The molecule has 2 rings (SSSR count). The van der Waals surface area contributed by atoms with E-state index in [9.17, 15) is 4.79 Å². The summed E-state index contributed by atoms with van der Waals surface area (Å²) in [5.74, 6) is 0.293. The average molecular weight is 229 g/mol. The minimum Gasteiger partial charge on any atom is -0.326 e. The summed E-state index contributed by atoms with van der Waals surface area (Å²) in [4.78, 5) is 12.1. The maximum atomic E-state index is 12.1. The number of nitrogens with one attached hydrogen (secondary N) is 1. The molecule has 0 saturated heterocycles. The maximum absolute atomic E-state index is 12.1. The minimum atomic E-state index is 0.138. The van der Waals surface area contributed by atoms with Crippen LogP contribution in [0.25, 0.3) is 0 Å². The average Bonchev–Trinajstić information content (AvgIpc) is 2.34. The van der Waals surface area contributed by atoms with Crippen molar-refractivity contribution in [3.05, 3.63) is 41.5 Å². The van der Waals surface area contributed by atoms with Gasteiger partial charge in [0.1, 0.15) is 0 Å². The van der Waals surface area contributed by atoms with Crippen molar-refractivity contribution in [2.45, 2.75) is 33.1 Å². The lowest BCUT2D eigenvalue weighted by Gasteiger charge is -2.23. The second kappa shape index (κ2) is 5.17. The second-order valence-corrected chi connectivity index (χ2v) is 4.86. The van der Waals surface area contributed by atoms with Gasteiger partial charge in [-0.05, 0) is 45.2 Å². The summed E-state index contributed by atoms with van der Waals surface area (Å²) in [6.07, 6.45) is 2.94. The van der Waals surface area contributed by atoms with Crippen molar-refractivity contribution in [2.75, 3.05) is 5.32 Å². The molecule has 1 aromatic rings. The van der Waals surface area contributed by atoms with E-state index in [0.29, 0.717) is 0 Å². The molecule has 1 aliphatic carbocycles. The molecule has 1 aliphatic rings. The third kappa shape index (κ3) is 2.96. The monoisotopic (exact) mass is 229 g/mol. The van der Waals surface area contributed by atoms with Crippen molar-refractivity contribution in [3.8, 4) is 0 Å². The number of amides is 1. The number of rotatable bonds is 2. The normalized spacial score (nSPS) is 20.2. The fourth-order valence-corrected chi connectivity index (χ4v) is 2.24. The molecule has 1 unspecified atom stereocenters. The van der Waals surface area contributed by atoms with Crippen molar-refractivity contribution >= 4 is 11.6 Å². The van der Waals surface area contributed by atoms with E-state index in [0.717, 1.165) is 24.9 Å². The highest BCUT2D eigenvalue weighted by atomic mass is 16.1. The second-order valence-electron chi connectivity index (χ2n) is 4.86. The van der Waals surface area contributed by atoms with Gasteiger partial charge in [-0.15, -0.1) is 0 Å². The summed E-state index contributed by atoms with van der Waals surface area (Å²) in [6.45, 7) is 4.30. The van der Waals surface area contributed by atoms with Gasteiger partial charge in [-0.2, -0.15) is 0 Å². The molecule has 0 spiro atoms. The van der Waals surface area contributed by atoms with Gasteiger partial charge in [-0.25, -0.2) is 0 Å². The number of hydrogen-bond acceptors (Lipinski definition) is 1. The Kier molecular flexibility index (Phi) is 3.62. The number of hydrogen-bond donors (Lipinski definition) is 1. The molecule has 0 aromatic heterocycles. The van der Waals surface area contributed by atoms with Crippen LogP contribution in [0.5, 0.6) is 0 Å². The Morgan fingerprint density at radius 2 is 1.88 bits per heavy atom. The number of benzene rings is 1. The van der Waals surface area contributed by atoms with E-state index < -0.39 is 0 Å². The highest BCUT2D eigenvalue weighted by Gasteiger charge is 2.23. The fraction of sp³-hybridized carbons (Fsp3) is 0.400. The molecule has 0 heterocycles. The summed E-state index contributed by atoms with van der Waals surface area (Å²) in [5.41, 5.74) is 3.72. The molecular formula is C15H19NO. The predicted molar refractivity (Wildman–Crippen MR) is 70.8 cm³/mol. The first kappa shape index (κ1) is 11.9. The first-order valence-corrected chi connectivity index (χ1v) is 6.18. The SMILES string of the molecule is CC1=C(C)CC(C(=O)Nc2ccccc2)CC1. The zero-order valence-electron chi connectivity index (χ0n) is 10.5. The van der Waals surface area contributed by atoms with Crippen LogP contribution in [0.4, 0.5) is 5.69 Å². The van der Waals surface area contributed by atoms with E-state index in [2.05, 4.69) is 19.2 Å². The molecule has 0 saturated carbocycles. The first-order valence-electron chi connectivity index (χ1n) is 6.18. The van der Waals surface area contributed by atoms with E-state index >= 15 is 0 Å². The molecule has 1 N–H and O–H groups in total. The highest BCUT2D eigenvalue weighted by Crippen LogP contribution is 2.29. The van der Waals surface area contributed by atoms with Crippen molar-refractivity contribution in [1.29, 1.82) is 0 Å². The molecule has 1 amide bonds. The maximum Gasteiger partial charge on any atom is 0.227 e. The van der Waals surface area contributed by atoms with E-state index in [4.69, 9.17) is 0 Å². The van der Waals surface area contributed by atoms with Crippen LogP contribution in [0.1, 0.15) is 33.1 Å². The van der Waals surface area contributed by atoms with Crippen LogP contribution < -0.4 is 5.32 Å². The van der Waals surface area contributed by atoms with Crippen molar-refractivity contribution in [1.82, 2.24) is 0 Å². The van der Waals surface area contributed by atoms with Crippen LogP contribution in [0, 0.1) is 5.92 Å². The number of allylic oxidation sites excluding steroid dienone is 2. The minimum absolute atomic E-state index is 0.138. The van der Waals surface area contributed by atoms with E-state index in [1.165, 1.54) is 11.1 Å². The molecule has 17 heavy (non-hydrogen) atoms. The number of para-hydroxylation sites is 1. The lowest BCUT2D eigenvalue weighted by molar-refractivity contribution is -0.120. The van der Waals surface area contributed by atoms with Gasteiger partial charge in [0.25, 0.3) is 0 Å². The highest BCUT2D eigenvalue weighted by molar-refractivity contribution is 5.92. The topological polar surface area (TPSA) is 29.1 Å². The molecule has 0 bridgehead atoms. The van der Waals surface area contributed by atoms with E-state index in [1.54, 1.807) is 0 Å². The third-order valence-corrected chi connectivity index (χ3v) is 3.56. The summed E-state index contributed by atoms with van der Waals surface area (Å²) < 4.78 is 0. The van der Waals surface area contributed by atoms with Gasteiger partial charge in [0, 0.05) is 11.6 Å². The van der Waals surface area contributed by atoms with Crippen LogP contribution in [-0.4, -0.2) is 5.91 Å². The van der Waals surface area contributed by atoms with Crippen LogP contribution in [0.2, 0.25) is 0 Å². The van der Waals surface area contributed by atoms with Crippen molar-refractivity contribution in [2.24, 2.45) is 5.92 Å². The third-order valence-electron chi connectivity index (χ3n) is 3.56. The Labute approximate surface area is 103 Å². The lowest BCUT2D eigenvalue weighted by atomic mass is 9.84. The Morgan fingerprint density at radius 1 is 1.18 bits per heavy atom. The molecule has 0 radical (unpaired) electrons. The van der Waals surface area contributed by atoms with Gasteiger partial charge in [-0.3, -0.25) is 4.79 Å². The first-order chi connectivity index (χ1) is 8.16. The Balaban J connectivity index is 1.98. The quantitative estimate of drug-likeness (QED) is 0.769. The zero-order chi connectivity index (χ0) is 12.3. The van der Waals surface area contributed by atoms with Crippen LogP contribution in [-0.2, 0) is 4.79 Å². The van der Waals surface area contributed by atoms with Gasteiger partial charge in [0.2, 0.25) is 5.91 Å². The Morgan fingerprint density at radius 3 is 2.53 bits per heavy atom. The molecule has 2 heteroatoms. The molecule has 1 aromatic carbocycles. The Bertz CT molecular complexity index is 433. The largest absolute Gasteiger partial charge is 0.326 e. The van der Waals surface area contributed by atoms with Gasteiger partial charge in [0.15, 0.2) is 0 Å². The van der Waals surface area contributed by atoms with E-state index in [1.807, 2.05) is 30.3 Å². The summed E-state index contributed by atoms with van der Waals surface area (Å²) in [7, 11) is 0. The summed E-state index contributed by atoms with van der Waals surface area (Å²) >= 11 is 0. The van der Waals surface area contributed by atoms with Crippen molar-refractivity contribution < 1.29 is 4.79 Å². The van der Waals surface area contributed by atoms with Gasteiger partial charge >= 0.3 is 0 Å². The molecule has 1 atom stereocenters. The smallest absolute Gasteiger partial charge is 0.227 e. The van der Waals surface area contributed by atoms with Crippen molar-refractivity contribution in [3.63, 3.8) is 0 Å². The Hall–Kier alpha value is -1.57. The number of carbonyl (C=O) groups excluding carboxylic acids is 1. The van der Waals surface area contributed by atoms with Gasteiger partial charge in [0.05, 0.1) is 0 Å². The molecule has 2 nitrogen and oxygen atoms in total. The van der Waals surface area contributed by atoms with Gasteiger partial charge in [-0.1, -0.05) is 29.3 Å². The summed E-state index contributed by atoms with van der Waals surface area (Å²) in [6, 6.07) is 9.67. The number of anilines is 1. The van der Waals surface area contributed by atoms with Crippen LogP contribution >= 0.6 is 0 Å². The standard InChI is InChI=1S/C15H19NO/c1-11-8-9-13(10-12(11)2)15(17)16-14-6-4-3-5-7-14/h3-7,13H,8-10H2,1-2H3,(H,16,17). The molecule has 0 fully saturated rings. The molecule has 90 valence electrons. The number of carbonyl (C=O) groups is 1. The lowest BCUT2D eigenvalue weighted by Crippen LogP contribution is -2.25. The van der Waals surface area contributed by atoms with Gasteiger partial charge < -0.3 is 5.32 Å². The summed E-state index contributed by atoms with van der Waals surface area (Å²) in [5, 5.41) is 2.99. The fourth-order valence-electron chi connectivity index (χ4n) is 2.24. The van der Waals surface area contributed by atoms with Crippen LogP contribution in [0.3, 0.4) is 0 Å².